The lowest BCUT2D eigenvalue weighted by atomic mass is 9.97. The summed E-state index contributed by atoms with van der Waals surface area (Å²) in [7, 11) is -3.82. The lowest BCUT2D eigenvalue weighted by Gasteiger charge is -2.14. The summed E-state index contributed by atoms with van der Waals surface area (Å²) >= 11 is 0. The fourth-order valence-electron chi connectivity index (χ4n) is 5.11. The van der Waals surface area contributed by atoms with Gasteiger partial charge in [-0.2, -0.15) is 5.26 Å². The fraction of sp³-hybridized carbons (Fsp3) is 0.280. The first-order valence-corrected chi connectivity index (χ1v) is 13.3. The molecule has 1 fully saturated rings. The van der Waals surface area contributed by atoms with Gasteiger partial charge in [0.2, 0.25) is 0 Å². The summed E-state index contributed by atoms with van der Waals surface area (Å²) in [5.74, 6) is 1.77. The van der Waals surface area contributed by atoms with E-state index >= 15 is 0 Å². The summed E-state index contributed by atoms with van der Waals surface area (Å²) < 4.78 is 29.9. The van der Waals surface area contributed by atoms with Crippen LogP contribution in [0.2, 0.25) is 0 Å². The van der Waals surface area contributed by atoms with E-state index in [0.717, 1.165) is 24.2 Å². The van der Waals surface area contributed by atoms with Crippen molar-refractivity contribution in [1.82, 2.24) is 33.5 Å². The molecule has 0 saturated heterocycles. The molecule has 1 saturated carbocycles. The number of hydrogen-bond donors (Lipinski definition) is 1. The van der Waals surface area contributed by atoms with Gasteiger partial charge in [-0.3, -0.25) is 4.40 Å². The predicted molar refractivity (Wildman–Crippen MR) is 135 cm³/mol. The molecule has 0 bridgehead atoms. The molecule has 0 radical (unpaired) electrons. The van der Waals surface area contributed by atoms with Crippen molar-refractivity contribution in [3.8, 4) is 6.07 Å². The van der Waals surface area contributed by atoms with Gasteiger partial charge < -0.3 is 5.32 Å². The van der Waals surface area contributed by atoms with E-state index in [-0.39, 0.29) is 28.5 Å². The van der Waals surface area contributed by atoms with Crippen LogP contribution in [0.3, 0.4) is 0 Å². The number of nitrogens with one attached hydrogen (secondary N) is 1. The molecule has 0 amide bonds. The zero-order chi connectivity index (χ0) is 25.7. The van der Waals surface area contributed by atoms with E-state index in [1.807, 2.05) is 17.4 Å². The minimum atomic E-state index is -3.82. The van der Waals surface area contributed by atoms with E-state index in [0.29, 0.717) is 22.6 Å². The number of fused-ring (bicyclic) bond motifs is 3. The topological polar surface area (TPSA) is 144 Å². The first-order chi connectivity index (χ1) is 17.8. The van der Waals surface area contributed by atoms with Gasteiger partial charge in [-0.25, -0.2) is 27.3 Å². The molecule has 12 heteroatoms. The monoisotopic (exact) mass is 513 g/mol. The molecule has 3 atom stereocenters. The molecular weight excluding hydrogens is 490 g/mol. The van der Waals surface area contributed by atoms with Crippen LogP contribution < -0.4 is 5.32 Å². The third kappa shape index (κ3) is 3.88. The van der Waals surface area contributed by atoms with Gasteiger partial charge in [0.25, 0.3) is 10.0 Å². The van der Waals surface area contributed by atoms with Gasteiger partial charge >= 0.3 is 0 Å². The van der Waals surface area contributed by atoms with Gasteiger partial charge in [-0.05, 0) is 43.9 Å². The van der Waals surface area contributed by atoms with Gasteiger partial charge in [-0.1, -0.05) is 24.6 Å². The summed E-state index contributed by atoms with van der Waals surface area (Å²) in [6.07, 6.45) is 7.77. The smallest absolute Gasteiger partial charge is 0.269 e. The molecule has 1 aromatic carbocycles. The summed E-state index contributed by atoms with van der Waals surface area (Å²) in [5, 5.41) is 21.2. The Morgan fingerprint density at radius 2 is 1.84 bits per heavy atom. The molecule has 5 aromatic rings. The first kappa shape index (κ1) is 23.1. The molecule has 4 aromatic heterocycles. The highest BCUT2D eigenvalue weighted by atomic mass is 32.2. The van der Waals surface area contributed by atoms with Crippen LogP contribution in [0.15, 0.2) is 60.0 Å². The molecule has 1 aliphatic carbocycles. The number of hydrogen-bond acceptors (Lipinski definition) is 9. The van der Waals surface area contributed by atoms with Gasteiger partial charge in [0.1, 0.15) is 17.7 Å². The molecule has 0 spiro atoms. The van der Waals surface area contributed by atoms with Crippen molar-refractivity contribution in [2.75, 3.05) is 5.32 Å². The van der Waals surface area contributed by atoms with Gasteiger partial charge in [-0.15, -0.1) is 10.2 Å². The molecule has 6 rings (SSSR count). The lowest BCUT2D eigenvalue weighted by molar-refractivity contribution is 0.507. The number of rotatable bonds is 5. The Balaban J connectivity index is 1.35. The second-order valence-corrected chi connectivity index (χ2v) is 11.3. The second-order valence-electron chi connectivity index (χ2n) is 9.44. The Bertz CT molecular complexity index is 1770. The van der Waals surface area contributed by atoms with Crippen LogP contribution in [0, 0.1) is 24.2 Å². The molecule has 1 unspecified atom stereocenters. The number of anilines is 1. The van der Waals surface area contributed by atoms with Crippen LogP contribution in [-0.2, 0) is 10.0 Å². The molecule has 186 valence electrons. The highest BCUT2D eigenvalue weighted by Gasteiger charge is 2.36. The van der Waals surface area contributed by atoms with E-state index in [1.165, 1.54) is 16.4 Å². The third-order valence-corrected chi connectivity index (χ3v) is 8.65. The Morgan fingerprint density at radius 3 is 2.57 bits per heavy atom. The highest BCUT2D eigenvalue weighted by Crippen LogP contribution is 2.40. The summed E-state index contributed by atoms with van der Waals surface area (Å²) in [4.78, 5) is 13.0. The van der Waals surface area contributed by atoms with Gasteiger partial charge in [0, 0.05) is 18.2 Å². The zero-order valence-corrected chi connectivity index (χ0v) is 21.0. The number of nitriles is 1. The number of aromatic nitrogens is 7. The minimum absolute atomic E-state index is 0.0847. The first-order valence-electron chi connectivity index (χ1n) is 11.9. The van der Waals surface area contributed by atoms with Gasteiger partial charge in [0.05, 0.1) is 29.0 Å². The Labute approximate surface area is 212 Å². The number of aryl methyl sites for hydroxylation is 1. The average molecular weight is 514 g/mol. The van der Waals surface area contributed by atoms with E-state index in [2.05, 4.69) is 37.4 Å². The molecule has 11 nitrogen and oxygen atoms in total. The van der Waals surface area contributed by atoms with Crippen LogP contribution in [-0.4, -0.2) is 48.0 Å². The minimum Gasteiger partial charge on any atom is -0.366 e. The average Bonchev–Trinajstić information content (AvgIpc) is 3.61. The van der Waals surface area contributed by atoms with Crippen LogP contribution >= 0.6 is 0 Å². The van der Waals surface area contributed by atoms with E-state index in [1.54, 1.807) is 42.7 Å². The summed E-state index contributed by atoms with van der Waals surface area (Å²) in [6.45, 7) is 4.08. The van der Waals surface area contributed by atoms with Crippen molar-refractivity contribution in [3.63, 3.8) is 0 Å². The van der Waals surface area contributed by atoms with Crippen LogP contribution in [0.1, 0.15) is 42.8 Å². The number of benzene rings is 1. The largest absolute Gasteiger partial charge is 0.366 e. The fourth-order valence-corrected chi connectivity index (χ4v) is 6.40. The predicted octanol–water partition coefficient (Wildman–Crippen LogP) is 3.28. The second kappa shape index (κ2) is 8.63. The number of nitrogens with zero attached hydrogens (tertiary/aromatic N) is 8. The van der Waals surface area contributed by atoms with Crippen molar-refractivity contribution in [2.24, 2.45) is 5.92 Å². The van der Waals surface area contributed by atoms with Crippen molar-refractivity contribution < 1.29 is 8.42 Å². The third-order valence-electron chi connectivity index (χ3n) is 6.97. The molecule has 1 aliphatic rings. The molecule has 1 N–H and O–H groups in total. The van der Waals surface area contributed by atoms with E-state index in [4.69, 9.17) is 5.26 Å². The Kier molecular flexibility index (Phi) is 5.38. The molecular formula is C25H23N9O2S. The maximum Gasteiger partial charge on any atom is 0.269 e. The van der Waals surface area contributed by atoms with Crippen molar-refractivity contribution in [1.29, 1.82) is 5.26 Å². The van der Waals surface area contributed by atoms with Crippen LogP contribution in [0.4, 0.5) is 5.82 Å². The molecule has 0 aliphatic heterocycles. The normalized spacial score (nSPS) is 19.9. The van der Waals surface area contributed by atoms with Crippen LogP contribution in [0.5, 0.6) is 0 Å². The maximum atomic E-state index is 13.4. The van der Waals surface area contributed by atoms with Crippen molar-refractivity contribution in [2.45, 2.75) is 43.5 Å². The SMILES string of the molecule is Cc1ccc(S(=O)(=O)n2ccc3c2ncc2nnc(C4C[C@@H](Nc5cnc(C#N)cn5)C[C@H]4C)n23)cc1. The van der Waals surface area contributed by atoms with Crippen molar-refractivity contribution >= 4 is 32.7 Å². The Morgan fingerprint density at radius 1 is 1.03 bits per heavy atom. The molecule has 37 heavy (non-hydrogen) atoms. The van der Waals surface area contributed by atoms with E-state index in [9.17, 15) is 8.42 Å². The van der Waals surface area contributed by atoms with Crippen LogP contribution in [0.25, 0.3) is 16.8 Å². The lowest BCUT2D eigenvalue weighted by Crippen LogP contribution is -2.17. The quantitative estimate of drug-likeness (QED) is 0.374. The van der Waals surface area contributed by atoms with Gasteiger partial charge in [0.15, 0.2) is 17.0 Å². The standard InChI is InChI=1S/C25H23N9O2S/c1-15-3-5-19(6-4-15)37(35,36)33-8-7-21-25(33)29-14-23-31-32-24(34(21)23)20-10-17(9-16(20)2)30-22-13-27-18(11-26)12-28-22/h3-8,12-14,16-17,20H,9-10H2,1-2H3,(H,28,30)/t16-,17+,20?/m1/s1. The maximum absolute atomic E-state index is 13.4. The van der Waals surface area contributed by atoms with E-state index < -0.39 is 10.0 Å². The molecule has 4 heterocycles. The highest BCUT2D eigenvalue weighted by molar-refractivity contribution is 7.90. The Hall–Kier alpha value is -4.37. The zero-order valence-electron chi connectivity index (χ0n) is 20.1. The summed E-state index contributed by atoms with van der Waals surface area (Å²) in [6, 6.07) is 10.6. The summed E-state index contributed by atoms with van der Waals surface area (Å²) in [5.41, 5.74) is 2.77. The van der Waals surface area contributed by atoms with Crippen molar-refractivity contribution in [3.05, 3.63) is 72.2 Å².